The van der Waals surface area contributed by atoms with Crippen LogP contribution in [0.15, 0.2) is 223 Å². The normalized spacial score (nSPS) is 13.3. The summed E-state index contributed by atoms with van der Waals surface area (Å²) >= 11 is 3.10. The molecular formula is C87H90FN15O6S2. The van der Waals surface area contributed by atoms with Crippen molar-refractivity contribution in [2.75, 3.05) is 136 Å². The van der Waals surface area contributed by atoms with Gasteiger partial charge in [0.15, 0.2) is 29.0 Å². The average molecular weight is 1520 g/mol. The molecule has 0 spiro atoms. The molecule has 568 valence electrons. The summed E-state index contributed by atoms with van der Waals surface area (Å²) in [5, 5.41) is 22.3. The largest absolute Gasteiger partial charge is 0.490 e. The molecule has 0 unspecified atom stereocenters. The Labute approximate surface area is 653 Å². The maximum Gasteiger partial charge on any atom is 0.187 e. The Bertz CT molecular complexity index is 5050. The first-order valence-corrected chi connectivity index (χ1v) is 38.6. The van der Waals surface area contributed by atoms with E-state index in [4.69, 9.17) is 32.4 Å². The Morgan fingerprint density at radius 3 is 1.32 bits per heavy atom. The molecule has 3 fully saturated rings. The fourth-order valence-corrected chi connectivity index (χ4v) is 14.3. The molecule has 21 nitrogen and oxygen atoms in total. The lowest BCUT2D eigenvalue weighted by Gasteiger charge is -2.29. The number of carbonyl (C=O) groups is 4. The van der Waals surface area contributed by atoms with E-state index in [2.05, 4.69) is 87.0 Å². The second-order valence-electron chi connectivity index (χ2n) is 26.9. The third kappa shape index (κ3) is 21.7. The van der Waals surface area contributed by atoms with Crippen molar-refractivity contribution in [1.82, 2.24) is 41.1 Å². The molecule has 3 aliphatic rings. The van der Waals surface area contributed by atoms with Gasteiger partial charge in [0.25, 0.3) is 0 Å². The van der Waals surface area contributed by atoms with E-state index in [9.17, 15) is 23.6 Å². The van der Waals surface area contributed by atoms with E-state index < -0.39 is 0 Å². The molecule has 111 heavy (non-hydrogen) atoms. The number of aromatic nitrogens is 5. The second-order valence-corrected chi connectivity index (χ2v) is 28.8. The number of hydrogen-bond acceptors (Lipinski definition) is 23. The molecule has 6 aromatic carbocycles. The highest BCUT2D eigenvalue weighted by molar-refractivity contribution is 7.13. The summed E-state index contributed by atoms with van der Waals surface area (Å²) in [6.45, 7) is 14.2. The summed E-state index contributed by atoms with van der Waals surface area (Å²) in [5.74, 6) is 0.711. The molecule has 24 heteroatoms. The van der Waals surface area contributed by atoms with Gasteiger partial charge in [0.2, 0.25) is 0 Å². The number of halogens is 1. The minimum absolute atomic E-state index is 0.0235. The third-order valence-electron chi connectivity index (χ3n) is 19.1. The summed E-state index contributed by atoms with van der Waals surface area (Å²) in [6, 6.07) is 61.1. The Balaban J connectivity index is 0.000000138. The molecule has 11 N–H and O–H groups in total. The van der Waals surface area contributed by atoms with E-state index in [1.165, 1.54) is 23.0 Å². The van der Waals surface area contributed by atoms with E-state index in [0.29, 0.717) is 69.9 Å². The number of thiophene rings is 2. The Hall–Kier alpha value is -11.9. The summed E-state index contributed by atoms with van der Waals surface area (Å²) in [7, 11) is 1.61. The number of anilines is 7. The molecule has 9 heterocycles. The zero-order valence-corrected chi connectivity index (χ0v) is 63.8. The first-order valence-electron chi connectivity index (χ1n) is 36.9. The number of hydrogen-bond donors (Lipinski definition) is 7. The van der Waals surface area contributed by atoms with E-state index >= 15 is 0 Å². The van der Waals surface area contributed by atoms with Gasteiger partial charge in [0, 0.05) is 149 Å². The number of pyridine rings is 3. The zero-order chi connectivity index (χ0) is 77.4. The number of Topliss-reactive ketones (excluding diaryl/α,β-unsaturated/α-hetero) is 4. The van der Waals surface area contributed by atoms with Crippen molar-refractivity contribution in [2.45, 2.75) is 32.6 Å². The van der Waals surface area contributed by atoms with Crippen LogP contribution in [0.2, 0.25) is 0 Å². The van der Waals surface area contributed by atoms with Crippen LogP contribution in [0.5, 0.6) is 5.75 Å². The van der Waals surface area contributed by atoms with Gasteiger partial charge in [0.05, 0.1) is 36.6 Å². The van der Waals surface area contributed by atoms with Crippen LogP contribution in [0.1, 0.15) is 69.8 Å². The van der Waals surface area contributed by atoms with Crippen molar-refractivity contribution in [3.63, 3.8) is 0 Å². The van der Waals surface area contributed by atoms with Gasteiger partial charge >= 0.3 is 0 Å². The summed E-state index contributed by atoms with van der Waals surface area (Å²) in [4.78, 5) is 72.4. The Morgan fingerprint density at radius 1 is 0.423 bits per heavy atom. The lowest BCUT2D eigenvalue weighted by molar-refractivity contribution is 0.0979. The van der Waals surface area contributed by atoms with Crippen LogP contribution in [0.3, 0.4) is 0 Å². The molecular weight excluding hydrogens is 1430 g/mol. The van der Waals surface area contributed by atoms with Crippen LogP contribution in [0, 0.1) is 12.7 Å². The van der Waals surface area contributed by atoms with Gasteiger partial charge in [-0.3, -0.25) is 29.1 Å². The van der Waals surface area contributed by atoms with Crippen LogP contribution in [-0.4, -0.2) is 147 Å². The number of carbonyl (C=O) groups excluding carboxylic acids is 4. The second kappa shape index (κ2) is 38.9. The van der Waals surface area contributed by atoms with Crippen LogP contribution in [-0.2, 0) is 30.4 Å². The molecule has 3 aliphatic heterocycles. The predicted molar refractivity (Wildman–Crippen MR) is 445 cm³/mol. The number of methoxy groups -OCH3 is 1. The van der Waals surface area contributed by atoms with Crippen molar-refractivity contribution >= 4 is 85.7 Å². The van der Waals surface area contributed by atoms with Crippen LogP contribution in [0.4, 0.5) is 44.3 Å². The molecule has 3 saturated heterocycles. The molecule has 6 aromatic heterocycles. The summed E-state index contributed by atoms with van der Waals surface area (Å²) in [5.41, 5.74) is 40.2. The lowest BCUT2D eigenvalue weighted by atomic mass is 9.98. The molecule has 0 bridgehead atoms. The highest BCUT2D eigenvalue weighted by Gasteiger charge is 2.21. The standard InChI is InChI=1S/C24H26N4O.C22H23N5O.C21H21FN4OS.C20H20N2O3S/c1-17-2-4-18(5-3-17)19-6-8-22(25)20(14-19)15-24(29)23-9-7-21(16-27-23)28-12-10-26-11-13-28;23-19-7-6-17(16-4-2-1-3-5-16)14-18(19)15-21(28)20-8-9-22(26-25-20)27-12-10-24-11-13-27;22-17-12-18(23)14(10-16(17)21-2-1-9-28-21)11-20(27)19-4-3-15(13-25-19)26-7-5-24-6-8-26;1-24-8-9-25-16-5-7-18(22-13-16)19(23)12-15-11-14(4-6-17(15)21)20-3-2-10-26-20/h2-9,14,16,26H,10-13,15,25H2,1H3;1-9,14,24H,10-13,15,23H2;1-4,9-10,12-13,24H,5-8,11,23H2;2-7,10-11,13H,8-9,12,21H2,1H3. The smallest absolute Gasteiger partial charge is 0.187 e. The average Bonchev–Trinajstić information content (AvgIpc) is 1.73. The number of ketones is 4. The van der Waals surface area contributed by atoms with Crippen molar-refractivity contribution in [2.24, 2.45) is 0 Å². The molecule has 0 radical (unpaired) electrons. The van der Waals surface area contributed by atoms with Gasteiger partial charge in [0.1, 0.15) is 40.9 Å². The number of nitrogen functional groups attached to an aromatic ring is 4. The van der Waals surface area contributed by atoms with Crippen molar-refractivity contribution in [3.8, 4) is 48.9 Å². The molecule has 15 rings (SSSR count). The molecule has 0 atom stereocenters. The third-order valence-corrected chi connectivity index (χ3v) is 21.0. The first-order chi connectivity index (χ1) is 54.1. The van der Waals surface area contributed by atoms with Gasteiger partial charge in [-0.15, -0.1) is 32.9 Å². The lowest BCUT2D eigenvalue weighted by Crippen LogP contribution is -2.44. The van der Waals surface area contributed by atoms with Crippen molar-refractivity contribution in [3.05, 3.63) is 280 Å². The van der Waals surface area contributed by atoms with Gasteiger partial charge in [-0.1, -0.05) is 90.5 Å². The Morgan fingerprint density at radius 2 is 0.865 bits per heavy atom. The van der Waals surface area contributed by atoms with Crippen LogP contribution < -0.4 is 58.3 Å². The highest BCUT2D eigenvalue weighted by Crippen LogP contribution is 2.34. The van der Waals surface area contributed by atoms with E-state index in [-0.39, 0.29) is 60.3 Å². The minimum Gasteiger partial charge on any atom is -0.490 e. The van der Waals surface area contributed by atoms with E-state index in [1.54, 1.807) is 67.4 Å². The summed E-state index contributed by atoms with van der Waals surface area (Å²) in [6.07, 6.45) is 5.83. The van der Waals surface area contributed by atoms with Crippen molar-refractivity contribution in [1.29, 1.82) is 0 Å². The van der Waals surface area contributed by atoms with Crippen molar-refractivity contribution < 1.29 is 33.0 Å². The maximum absolute atomic E-state index is 14.3. The number of ether oxygens (including phenoxy) is 2. The molecule has 12 aromatic rings. The monoisotopic (exact) mass is 1520 g/mol. The van der Waals surface area contributed by atoms with E-state index in [1.807, 2.05) is 144 Å². The topological polar surface area (TPSA) is 301 Å². The van der Waals surface area contributed by atoms with Gasteiger partial charge in [-0.05, 0) is 177 Å². The SMILES string of the molecule is COCCOc1ccc(C(=O)Cc2cc(-c3cccs3)ccc2N)nc1.Cc1ccc(-c2ccc(N)c(CC(=O)c3ccc(N4CCNCC4)cn3)c2)cc1.Nc1cc(F)c(-c2cccs2)cc1CC(=O)c1ccc(N2CCNCC2)cn1.Nc1ccc(-c2ccccc2)cc1CC(=O)c1ccc(N2CCNCC2)nn1. The quantitative estimate of drug-likeness (QED) is 0.0178. The van der Waals surface area contributed by atoms with Crippen LogP contribution in [0.25, 0.3) is 43.1 Å². The van der Waals surface area contributed by atoms with Gasteiger partial charge < -0.3 is 63.1 Å². The number of rotatable bonds is 23. The number of benzene rings is 6. The molecule has 0 aliphatic carbocycles. The maximum atomic E-state index is 14.3. The Kier molecular flexibility index (Phi) is 27.6. The molecule has 0 saturated carbocycles. The minimum atomic E-state index is -0.380. The number of aryl methyl sites for hydroxylation is 1. The number of nitrogens with two attached hydrogens (primary N) is 4. The number of nitrogens with zero attached hydrogens (tertiary/aromatic N) is 8. The number of piperazine rings is 3. The fourth-order valence-electron chi connectivity index (χ4n) is 12.8. The number of nitrogens with one attached hydrogen (secondary N) is 3. The first kappa shape index (κ1) is 78.7. The predicted octanol–water partition coefficient (Wildman–Crippen LogP) is 13.2. The fraction of sp³-hybridized carbons (Fsp3) is 0.230. The van der Waals surface area contributed by atoms with Crippen LogP contribution >= 0.6 is 22.7 Å². The van der Waals surface area contributed by atoms with Gasteiger partial charge in [-0.25, -0.2) is 9.37 Å². The summed E-state index contributed by atoms with van der Waals surface area (Å²) < 4.78 is 24.7. The highest BCUT2D eigenvalue weighted by atomic mass is 32.1. The zero-order valence-electron chi connectivity index (χ0n) is 62.1. The molecule has 0 amide bonds. The van der Waals surface area contributed by atoms with E-state index in [0.717, 1.165) is 150 Å². The van der Waals surface area contributed by atoms with Gasteiger partial charge in [-0.2, -0.15) is 0 Å².